The predicted octanol–water partition coefficient (Wildman–Crippen LogP) is -0.276. The van der Waals surface area contributed by atoms with Crippen LogP contribution in [0, 0.1) is 0 Å². The van der Waals surface area contributed by atoms with Gasteiger partial charge in [0, 0.05) is 38.6 Å². The first-order valence-electron chi connectivity index (χ1n) is 7.23. The fraction of sp³-hybridized carbons (Fsp3) is 0.429. The molecule has 116 valence electrons. The summed E-state index contributed by atoms with van der Waals surface area (Å²) in [5.74, 6) is 0.417. The lowest BCUT2D eigenvalue weighted by atomic mass is 10.3. The summed E-state index contributed by atoms with van der Waals surface area (Å²) in [6, 6.07) is 3.40. The van der Waals surface area contributed by atoms with Crippen LogP contribution in [0.1, 0.15) is 10.5 Å². The minimum atomic E-state index is -0.210. The third kappa shape index (κ3) is 3.66. The summed E-state index contributed by atoms with van der Waals surface area (Å²) < 4.78 is 7.01. The number of morpholine rings is 1. The van der Waals surface area contributed by atoms with Crippen LogP contribution in [-0.4, -0.2) is 69.9 Å². The Morgan fingerprint density at radius 3 is 2.82 bits per heavy atom. The molecule has 0 aromatic carbocycles. The van der Waals surface area contributed by atoms with Crippen LogP contribution in [0.5, 0.6) is 0 Å². The molecule has 1 fully saturated rings. The van der Waals surface area contributed by atoms with Crippen molar-refractivity contribution in [2.45, 2.75) is 0 Å². The smallest absolute Gasteiger partial charge is 0.271 e. The van der Waals surface area contributed by atoms with E-state index in [4.69, 9.17) is 4.74 Å². The minimum Gasteiger partial charge on any atom is -0.379 e. The molecule has 0 bridgehead atoms. The van der Waals surface area contributed by atoms with Crippen LogP contribution in [-0.2, 0) is 4.74 Å². The van der Waals surface area contributed by atoms with E-state index < -0.39 is 0 Å². The van der Waals surface area contributed by atoms with Crippen molar-refractivity contribution in [1.82, 2.24) is 30.0 Å². The number of amides is 1. The Morgan fingerprint density at radius 2 is 2.14 bits per heavy atom. The number of aromatic nitrogens is 4. The summed E-state index contributed by atoms with van der Waals surface area (Å²) in [7, 11) is 0. The van der Waals surface area contributed by atoms with Crippen molar-refractivity contribution in [3.05, 3.63) is 36.5 Å². The van der Waals surface area contributed by atoms with E-state index in [1.165, 1.54) is 0 Å². The summed E-state index contributed by atoms with van der Waals surface area (Å²) in [5.41, 5.74) is 0.311. The van der Waals surface area contributed by atoms with Gasteiger partial charge in [0.05, 0.1) is 13.2 Å². The summed E-state index contributed by atoms with van der Waals surface area (Å²) in [6.07, 6.45) is 5.06. The number of rotatable bonds is 5. The molecule has 1 N–H and O–H groups in total. The number of ether oxygens (including phenoxy) is 1. The molecule has 0 aliphatic carbocycles. The van der Waals surface area contributed by atoms with Crippen molar-refractivity contribution >= 4 is 5.91 Å². The number of carbonyl (C=O) groups excluding carboxylic acids is 1. The highest BCUT2D eigenvalue weighted by Gasteiger charge is 2.12. The Labute approximate surface area is 128 Å². The third-order valence-corrected chi connectivity index (χ3v) is 3.47. The lowest BCUT2D eigenvalue weighted by Crippen LogP contribution is -2.41. The molecule has 2 aromatic heterocycles. The molecule has 3 rings (SSSR count). The fourth-order valence-corrected chi connectivity index (χ4v) is 2.22. The fourth-order valence-electron chi connectivity index (χ4n) is 2.22. The topological polar surface area (TPSA) is 85.2 Å². The Morgan fingerprint density at radius 1 is 1.27 bits per heavy atom. The molecule has 0 unspecified atom stereocenters. The van der Waals surface area contributed by atoms with Gasteiger partial charge in [0.1, 0.15) is 6.33 Å². The highest BCUT2D eigenvalue weighted by molar-refractivity contribution is 5.92. The number of imidazole rings is 1. The van der Waals surface area contributed by atoms with Gasteiger partial charge in [0.2, 0.25) is 0 Å². The molecule has 0 radical (unpaired) electrons. The molecule has 8 heteroatoms. The van der Waals surface area contributed by atoms with Crippen LogP contribution in [0.2, 0.25) is 0 Å². The Balaban J connectivity index is 1.49. The molecule has 22 heavy (non-hydrogen) atoms. The molecule has 0 spiro atoms. The van der Waals surface area contributed by atoms with Gasteiger partial charge in [-0.05, 0) is 12.1 Å². The second-order valence-electron chi connectivity index (χ2n) is 4.96. The van der Waals surface area contributed by atoms with Crippen LogP contribution < -0.4 is 5.32 Å². The van der Waals surface area contributed by atoms with Crippen molar-refractivity contribution in [2.24, 2.45) is 0 Å². The van der Waals surface area contributed by atoms with E-state index in [-0.39, 0.29) is 5.91 Å². The van der Waals surface area contributed by atoms with Crippen molar-refractivity contribution in [1.29, 1.82) is 0 Å². The van der Waals surface area contributed by atoms with E-state index in [2.05, 4.69) is 25.4 Å². The quantitative estimate of drug-likeness (QED) is 0.818. The highest BCUT2D eigenvalue weighted by atomic mass is 16.5. The van der Waals surface area contributed by atoms with Gasteiger partial charge >= 0.3 is 0 Å². The van der Waals surface area contributed by atoms with Crippen LogP contribution in [0.25, 0.3) is 5.82 Å². The molecule has 8 nitrogen and oxygen atoms in total. The monoisotopic (exact) mass is 302 g/mol. The zero-order chi connectivity index (χ0) is 15.2. The third-order valence-electron chi connectivity index (χ3n) is 3.47. The zero-order valence-corrected chi connectivity index (χ0v) is 12.2. The molecule has 2 aromatic rings. The van der Waals surface area contributed by atoms with Crippen molar-refractivity contribution in [3.63, 3.8) is 0 Å². The van der Waals surface area contributed by atoms with Gasteiger partial charge < -0.3 is 10.1 Å². The van der Waals surface area contributed by atoms with E-state index in [0.29, 0.717) is 18.1 Å². The SMILES string of the molecule is O=C(NCCN1CCOCC1)c1ccc(-n2ccnc2)nn1. The van der Waals surface area contributed by atoms with Crippen LogP contribution >= 0.6 is 0 Å². The lowest BCUT2D eigenvalue weighted by molar-refractivity contribution is 0.0383. The van der Waals surface area contributed by atoms with Gasteiger partial charge in [0.25, 0.3) is 5.91 Å². The van der Waals surface area contributed by atoms with Gasteiger partial charge in [0.15, 0.2) is 11.5 Å². The second-order valence-corrected chi connectivity index (χ2v) is 4.96. The van der Waals surface area contributed by atoms with E-state index in [1.54, 1.807) is 35.4 Å². The summed E-state index contributed by atoms with van der Waals surface area (Å²) >= 11 is 0. The first-order chi connectivity index (χ1) is 10.8. The second kappa shape index (κ2) is 7.10. The normalized spacial score (nSPS) is 15.6. The molecule has 3 heterocycles. The standard InChI is InChI=1S/C14H18N6O2/c21-14(16-4-5-19-7-9-22-10-8-19)12-1-2-13(18-17-12)20-6-3-15-11-20/h1-3,6,11H,4-5,7-10H2,(H,16,21). The number of hydrogen-bond acceptors (Lipinski definition) is 6. The maximum absolute atomic E-state index is 12.0. The van der Waals surface area contributed by atoms with Crippen LogP contribution in [0.15, 0.2) is 30.9 Å². The maximum Gasteiger partial charge on any atom is 0.271 e. The van der Waals surface area contributed by atoms with E-state index in [0.717, 1.165) is 32.8 Å². The largest absolute Gasteiger partial charge is 0.379 e. The molecule has 1 aliphatic heterocycles. The zero-order valence-electron chi connectivity index (χ0n) is 12.2. The van der Waals surface area contributed by atoms with Crippen molar-refractivity contribution < 1.29 is 9.53 Å². The predicted molar refractivity (Wildman–Crippen MR) is 78.7 cm³/mol. The highest BCUT2D eigenvalue weighted by Crippen LogP contribution is 2.02. The molecular formula is C14H18N6O2. The molecule has 1 amide bonds. The molecule has 0 saturated carbocycles. The summed E-state index contributed by atoms with van der Waals surface area (Å²) in [6.45, 7) is 4.74. The molecule has 1 aliphatic rings. The average molecular weight is 302 g/mol. The first kappa shape index (κ1) is 14.6. The van der Waals surface area contributed by atoms with E-state index in [1.807, 2.05) is 0 Å². The maximum atomic E-state index is 12.0. The Hall–Kier alpha value is -2.32. The van der Waals surface area contributed by atoms with Gasteiger partial charge in [-0.15, -0.1) is 10.2 Å². The van der Waals surface area contributed by atoms with Crippen LogP contribution in [0.4, 0.5) is 0 Å². The van der Waals surface area contributed by atoms with Gasteiger partial charge in [-0.3, -0.25) is 14.3 Å². The van der Waals surface area contributed by atoms with Crippen molar-refractivity contribution in [2.75, 3.05) is 39.4 Å². The van der Waals surface area contributed by atoms with E-state index in [9.17, 15) is 4.79 Å². The average Bonchev–Trinajstić information content (AvgIpc) is 3.10. The lowest BCUT2D eigenvalue weighted by Gasteiger charge is -2.26. The van der Waals surface area contributed by atoms with E-state index >= 15 is 0 Å². The Bertz CT molecular complexity index is 592. The Kier molecular flexibility index (Phi) is 4.71. The van der Waals surface area contributed by atoms with Gasteiger partial charge in [-0.25, -0.2) is 4.98 Å². The number of hydrogen-bond donors (Lipinski definition) is 1. The molecule has 0 atom stereocenters. The summed E-state index contributed by atoms with van der Waals surface area (Å²) in [5, 5.41) is 10.8. The molecule has 1 saturated heterocycles. The molecular weight excluding hydrogens is 284 g/mol. The van der Waals surface area contributed by atoms with Gasteiger partial charge in [-0.1, -0.05) is 0 Å². The number of carbonyl (C=O) groups is 1. The van der Waals surface area contributed by atoms with Crippen LogP contribution in [0.3, 0.4) is 0 Å². The number of nitrogens with zero attached hydrogens (tertiary/aromatic N) is 5. The minimum absolute atomic E-state index is 0.210. The number of nitrogens with one attached hydrogen (secondary N) is 1. The first-order valence-corrected chi connectivity index (χ1v) is 7.23. The van der Waals surface area contributed by atoms with Crippen molar-refractivity contribution in [3.8, 4) is 5.82 Å². The summed E-state index contributed by atoms with van der Waals surface area (Å²) in [4.78, 5) is 18.2. The van der Waals surface area contributed by atoms with Gasteiger partial charge in [-0.2, -0.15) is 0 Å².